The highest BCUT2D eigenvalue weighted by atomic mass is 16.5. The molecule has 0 spiro atoms. The van der Waals surface area contributed by atoms with Gasteiger partial charge in [-0.1, -0.05) is 48.5 Å². The van der Waals surface area contributed by atoms with Crippen molar-refractivity contribution in [3.05, 3.63) is 76.2 Å². The third-order valence-corrected chi connectivity index (χ3v) is 4.66. The fourth-order valence-electron chi connectivity index (χ4n) is 3.15. The number of methoxy groups -OCH3 is 1. The molecule has 0 saturated heterocycles. The van der Waals surface area contributed by atoms with Crippen LogP contribution in [-0.4, -0.2) is 34.8 Å². The maximum absolute atomic E-state index is 12.7. The first-order valence-electron chi connectivity index (χ1n) is 9.41. The zero-order valence-electron chi connectivity index (χ0n) is 16.4. The second-order valence-corrected chi connectivity index (χ2v) is 6.84. The molecular weight excluding hydrogens is 370 g/mol. The zero-order valence-corrected chi connectivity index (χ0v) is 16.4. The predicted molar refractivity (Wildman–Crippen MR) is 110 cm³/mol. The van der Waals surface area contributed by atoms with Crippen LogP contribution in [0.1, 0.15) is 29.4 Å². The lowest BCUT2D eigenvalue weighted by Gasteiger charge is -2.15. The molecule has 1 amide bonds. The van der Waals surface area contributed by atoms with Crippen molar-refractivity contribution in [2.24, 2.45) is 0 Å². The van der Waals surface area contributed by atoms with Crippen molar-refractivity contribution in [3.63, 3.8) is 0 Å². The number of esters is 1. The van der Waals surface area contributed by atoms with Gasteiger partial charge in [-0.2, -0.15) is 5.10 Å². The van der Waals surface area contributed by atoms with Crippen molar-refractivity contribution in [2.45, 2.75) is 32.4 Å². The number of hydrogen-bond donors (Lipinski definition) is 1. The quantitative estimate of drug-likeness (QED) is 0.622. The minimum absolute atomic E-state index is 0.00706. The van der Waals surface area contributed by atoms with E-state index in [-0.39, 0.29) is 24.2 Å². The summed E-state index contributed by atoms with van der Waals surface area (Å²) < 4.78 is 5.77. The van der Waals surface area contributed by atoms with Crippen LogP contribution < -0.4 is 10.9 Å². The Bertz CT molecular complexity index is 1080. The molecule has 2 aromatic carbocycles. The molecule has 0 aliphatic rings. The highest BCUT2D eigenvalue weighted by Crippen LogP contribution is 2.14. The van der Waals surface area contributed by atoms with Gasteiger partial charge in [0, 0.05) is 11.4 Å². The minimum atomic E-state index is -0.661. The van der Waals surface area contributed by atoms with Gasteiger partial charge in [0.05, 0.1) is 12.5 Å². The third kappa shape index (κ3) is 4.87. The van der Waals surface area contributed by atoms with Crippen LogP contribution in [0.2, 0.25) is 0 Å². The van der Waals surface area contributed by atoms with Crippen molar-refractivity contribution in [2.75, 3.05) is 7.11 Å². The lowest BCUT2D eigenvalue weighted by Crippen LogP contribution is -2.39. The van der Waals surface area contributed by atoms with Crippen molar-refractivity contribution >= 4 is 22.6 Å². The van der Waals surface area contributed by atoms with Crippen LogP contribution in [0.5, 0.6) is 0 Å². The highest BCUT2D eigenvalue weighted by Gasteiger charge is 2.18. The molecule has 29 heavy (non-hydrogen) atoms. The largest absolute Gasteiger partial charge is 0.464 e. The Labute approximate surface area is 168 Å². The standard InChI is InChI=1S/C22H23N3O4/c1-15(12-13-16-8-4-3-5-9-16)23-19(26)14-25-21(27)18-11-7-6-10-17(18)20(24-25)22(28)29-2/h3-11,15H,12-14H2,1-2H3,(H,23,26). The molecule has 1 N–H and O–H groups in total. The number of aryl methyl sites for hydroxylation is 1. The molecule has 150 valence electrons. The summed E-state index contributed by atoms with van der Waals surface area (Å²) >= 11 is 0. The minimum Gasteiger partial charge on any atom is -0.464 e. The molecule has 1 heterocycles. The van der Waals surface area contributed by atoms with E-state index in [0.29, 0.717) is 10.8 Å². The molecule has 0 saturated carbocycles. The van der Waals surface area contributed by atoms with E-state index in [4.69, 9.17) is 4.74 Å². The van der Waals surface area contributed by atoms with Crippen LogP contribution in [0.15, 0.2) is 59.4 Å². The molecule has 0 bridgehead atoms. The number of benzene rings is 2. The Morgan fingerprint density at radius 3 is 2.41 bits per heavy atom. The number of hydrogen-bond acceptors (Lipinski definition) is 5. The lowest BCUT2D eigenvalue weighted by molar-refractivity contribution is -0.122. The zero-order chi connectivity index (χ0) is 20.8. The van der Waals surface area contributed by atoms with Crippen molar-refractivity contribution in [1.82, 2.24) is 15.1 Å². The van der Waals surface area contributed by atoms with E-state index in [9.17, 15) is 14.4 Å². The molecule has 7 nitrogen and oxygen atoms in total. The maximum atomic E-state index is 12.7. The fraction of sp³-hybridized carbons (Fsp3) is 0.273. The number of aromatic nitrogens is 2. The first-order chi connectivity index (χ1) is 14.0. The van der Waals surface area contributed by atoms with E-state index >= 15 is 0 Å². The van der Waals surface area contributed by atoms with Crippen molar-refractivity contribution in [3.8, 4) is 0 Å². The van der Waals surface area contributed by atoms with Crippen LogP contribution in [0.25, 0.3) is 10.8 Å². The van der Waals surface area contributed by atoms with E-state index in [2.05, 4.69) is 10.4 Å². The first kappa shape index (κ1) is 20.3. The van der Waals surface area contributed by atoms with Gasteiger partial charge < -0.3 is 10.1 Å². The van der Waals surface area contributed by atoms with E-state index in [0.717, 1.165) is 17.5 Å². The Balaban J connectivity index is 1.73. The Kier molecular flexibility index (Phi) is 6.39. The maximum Gasteiger partial charge on any atom is 0.359 e. The molecule has 1 atom stereocenters. The Hall–Kier alpha value is -3.48. The molecule has 1 aromatic heterocycles. The number of rotatable bonds is 7. The van der Waals surface area contributed by atoms with Gasteiger partial charge in [-0.3, -0.25) is 9.59 Å². The van der Waals surface area contributed by atoms with Crippen LogP contribution in [0.4, 0.5) is 0 Å². The smallest absolute Gasteiger partial charge is 0.359 e. The lowest BCUT2D eigenvalue weighted by atomic mass is 10.1. The predicted octanol–water partition coefficient (Wildman–Crippen LogP) is 2.32. The van der Waals surface area contributed by atoms with Gasteiger partial charge in [-0.15, -0.1) is 0 Å². The van der Waals surface area contributed by atoms with Gasteiger partial charge in [0.25, 0.3) is 5.56 Å². The van der Waals surface area contributed by atoms with E-state index in [1.54, 1.807) is 24.3 Å². The van der Waals surface area contributed by atoms with Crippen molar-refractivity contribution in [1.29, 1.82) is 0 Å². The molecule has 3 rings (SSSR count). The van der Waals surface area contributed by atoms with Crippen LogP contribution >= 0.6 is 0 Å². The van der Waals surface area contributed by atoms with Gasteiger partial charge >= 0.3 is 5.97 Å². The van der Waals surface area contributed by atoms with Crippen LogP contribution in [-0.2, 0) is 22.5 Å². The number of ether oxygens (including phenoxy) is 1. The van der Waals surface area contributed by atoms with E-state index in [1.807, 2.05) is 37.3 Å². The summed E-state index contributed by atoms with van der Waals surface area (Å²) in [6.45, 7) is 1.64. The molecule has 3 aromatic rings. The Morgan fingerprint density at radius 1 is 1.07 bits per heavy atom. The van der Waals surface area contributed by atoms with E-state index < -0.39 is 11.5 Å². The van der Waals surface area contributed by atoms with Crippen LogP contribution in [0, 0.1) is 0 Å². The summed E-state index contributed by atoms with van der Waals surface area (Å²) in [7, 11) is 1.25. The number of carbonyl (C=O) groups excluding carboxylic acids is 2. The van der Waals surface area contributed by atoms with Gasteiger partial charge in [-0.25, -0.2) is 9.48 Å². The number of nitrogens with one attached hydrogen (secondary N) is 1. The molecular formula is C22H23N3O4. The molecule has 7 heteroatoms. The molecule has 0 aliphatic carbocycles. The molecule has 0 fully saturated rings. The second-order valence-electron chi connectivity index (χ2n) is 6.84. The second kappa shape index (κ2) is 9.14. The number of amides is 1. The van der Waals surface area contributed by atoms with Crippen LogP contribution in [0.3, 0.4) is 0 Å². The monoisotopic (exact) mass is 393 g/mol. The highest BCUT2D eigenvalue weighted by molar-refractivity contribution is 6.02. The van der Waals surface area contributed by atoms with Gasteiger partial charge in [0.2, 0.25) is 5.91 Å². The average molecular weight is 393 g/mol. The molecule has 1 unspecified atom stereocenters. The van der Waals surface area contributed by atoms with Crippen molar-refractivity contribution < 1.29 is 14.3 Å². The number of nitrogens with zero attached hydrogens (tertiary/aromatic N) is 2. The molecule has 0 radical (unpaired) electrons. The van der Waals surface area contributed by atoms with Gasteiger partial charge in [-0.05, 0) is 31.4 Å². The summed E-state index contributed by atoms with van der Waals surface area (Å²) in [5.74, 6) is -1.00. The van der Waals surface area contributed by atoms with Gasteiger partial charge in [0.1, 0.15) is 6.54 Å². The third-order valence-electron chi connectivity index (χ3n) is 4.66. The average Bonchev–Trinajstić information content (AvgIpc) is 2.74. The van der Waals surface area contributed by atoms with Gasteiger partial charge in [0.15, 0.2) is 5.69 Å². The number of carbonyl (C=O) groups is 2. The summed E-state index contributed by atoms with van der Waals surface area (Å²) in [6.07, 6.45) is 1.60. The summed E-state index contributed by atoms with van der Waals surface area (Å²) in [6, 6.07) is 16.6. The SMILES string of the molecule is COC(=O)c1nn(CC(=O)NC(C)CCc2ccccc2)c(=O)c2ccccc12. The summed E-state index contributed by atoms with van der Waals surface area (Å²) in [4.78, 5) is 37.2. The number of fused-ring (bicyclic) bond motifs is 1. The van der Waals surface area contributed by atoms with E-state index in [1.165, 1.54) is 12.7 Å². The summed E-state index contributed by atoms with van der Waals surface area (Å²) in [5, 5.41) is 7.68. The Morgan fingerprint density at radius 2 is 1.72 bits per heavy atom. The molecule has 0 aliphatic heterocycles. The normalized spacial score (nSPS) is 11.8. The summed E-state index contributed by atoms with van der Waals surface area (Å²) in [5.41, 5.74) is 0.775. The first-order valence-corrected chi connectivity index (χ1v) is 9.41. The topological polar surface area (TPSA) is 90.3 Å². The fourth-order valence-corrected chi connectivity index (χ4v) is 3.15.